The minimum Gasteiger partial charge on any atom is -0.479 e. The Morgan fingerprint density at radius 2 is 2.00 bits per heavy atom. The smallest absolute Gasteiger partial charge is 0.332 e. The number of carbonyl (C=O) groups is 1. The Bertz CT molecular complexity index is 125. The van der Waals surface area contributed by atoms with Gasteiger partial charge in [-0.25, -0.2) is 4.79 Å². The van der Waals surface area contributed by atoms with E-state index in [2.05, 4.69) is 0 Å². The van der Waals surface area contributed by atoms with Gasteiger partial charge in [-0.15, -0.1) is 0 Å². The first-order valence-corrected chi connectivity index (χ1v) is 4.15. The predicted molar refractivity (Wildman–Crippen MR) is 40.5 cm³/mol. The number of aliphatic carboxylic acids is 1. The van der Waals surface area contributed by atoms with E-state index in [-0.39, 0.29) is 0 Å². The molecule has 11 heavy (non-hydrogen) atoms. The Morgan fingerprint density at radius 1 is 1.27 bits per heavy atom. The van der Waals surface area contributed by atoms with Crippen LogP contribution in [0.1, 0.15) is 32.1 Å². The molecule has 0 aliphatic carbocycles. The lowest BCUT2D eigenvalue weighted by molar-refractivity contribution is -0.151. The van der Waals surface area contributed by atoms with Crippen molar-refractivity contribution in [1.82, 2.24) is 0 Å². The third-order valence-electron chi connectivity index (χ3n) is 1.96. The van der Waals surface area contributed by atoms with Gasteiger partial charge >= 0.3 is 5.97 Å². The summed E-state index contributed by atoms with van der Waals surface area (Å²) in [7, 11) is 0. The highest BCUT2D eigenvalue weighted by atomic mass is 16.5. The summed E-state index contributed by atoms with van der Waals surface area (Å²) in [5.74, 6) is -0.813. The number of hydrogen-bond donors (Lipinski definition) is 1. The lowest BCUT2D eigenvalue weighted by Crippen LogP contribution is -2.25. The summed E-state index contributed by atoms with van der Waals surface area (Å²) in [4.78, 5) is 10.5. The number of carboxylic acids is 1. The lowest BCUT2D eigenvalue weighted by atomic mass is 10.1. The molecule has 0 aromatic heterocycles. The molecule has 0 aromatic rings. The third-order valence-corrected chi connectivity index (χ3v) is 1.96. The van der Waals surface area contributed by atoms with Crippen LogP contribution in [0.3, 0.4) is 0 Å². The van der Waals surface area contributed by atoms with E-state index in [9.17, 15) is 4.79 Å². The molecule has 1 atom stereocenters. The van der Waals surface area contributed by atoms with E-state index < -0.39 is 12.1 Å². The van der Waals surface area contributed by atoms with Crippen molar-refractivity contribution >= 4 is 5.97 Å². The first-order valence-electron chi connectivity index (χ1n) is 4.15. The summed E-state index contributed by atoms with van der Waals surface area (Å²) in [6.07, 6.45) is 4.44. The summed E-state index contributed by atoms with van der Waals surface area (Å²) in [5, 5.41) is 8.63. The van der Waals surface area contributed by atoms with Crippen molar-refractivity contribution in [1.29, 1.82) is 0 Å². The first-order chi connectivity index (χ1) is 5.30. The van der Waals surface area contributed by atoms with Crippen molar-refractivity contribution in [3.63, 3.8) is 0 Å². The summed E-state index contributed by atoms with van der Waals surface area (Å²) in [5.41, 5.74) is 0. The Labute approximate surface area is 66.4 Å². The molecule has 1 N–H and O–H groups in total. The normalized spacial score (nSPS) is 27.1. The van der Waals surface area contributed by atoms with Crippen LogP contribution in [0, 0.1) is 0 Å². The highest BCUT2D eigenvalue weighted by Crippen LogP contribution is 2.13. The second-order valence-corrected chi connectivity index (χ2v) is 2.90. The molecular weight excluding hydrogens is 144 g/mol. The van der Waals surface area contributed by atoms with Crippen LogP contribution >= 0.6 is 0 Å². The van der Waals surface area contributed by atoms with Gasteiger partial charge in [0.1, 0.15) is 0 Å². The molecule has 0 bridgehead atoms. The van der Waals surface area contributed by atoms with Crippen molar-refractivity contribution in [2.45, 2.75) is 38.2 Å². The molecule has 3 heteroatoms. The maximum atomic E-state index is 10.5. The van der Waals surface area contributed by atoms with Gasteiger partial charge in [0, 0.05) is 6.61 Å². The van der Waals surface area contributed by atoms with E-state index in [1.807, 2.05) is 0 Å². The Morgan fingerprint density at radius 3 is 2.73 bits per heavy atom. The minimum atomic E-state index is -0.813. The van der Waals surface area contributed by atoms with Crippen LogP contribution in [-0.2, 0) is 9.53 Å². The van der Waals surface area contributed by atoms with Gasteiger partial charge in [-0.3, -0.25) is 0 Å². The molecular formula is C8H14O3. The van der Waals surface area contributed by atoms with Crippen molar-refractivity contribution in [2.75, 3.05) is 6.61 Å². The molecule has 1 aliphatic heterocycles. The van der Waals surface area contributed by atoms with Crippen LogP contribution in [0.5, 0.6) is 0 Å². The van der Waals surface area contributed by atoms with Gasteiger partial charge in [0.25, 0.3) is 0 Å². The van der Waals surface area contributed by atoms with E-state index in [0.29, 0.717) is 13.0 Å². The molecule has 64 valence electrons. The van der Waals surface area contributed by atoms with Crippen LogP contribution in [0.4, 0.5) is 0 Å². The lowest BCUT2D eigenvalue weighted by Gasteiger charge is -2.16. The molecule has 0 aromatic carbocycles. The number of hydrogen-bond acceptors (Lipinski definition) is 2. The van der Waals surface area contributed by atoms with E-state index in [0.717, 1.165) is 19.3 Å². The topological polar surface area (TPSA) is 46.5 Å². The molecule has 1 saturated heterocycles. The SMILES string of the molecule is O=C(O)C1CCCCCCO1. The molecule has 1 fully saturated rings. The fourth-order valence-corrected chi connectivity index (χ4v) is 1.29. The fourth-order valence-electron chi connectivity index (χ4n) is 1.29. The van der Waals surface area contributed by atoms with Crippen LogP contribution in [0.2, 0.25) is 0 Å². The van der Waals surface area contributed by atoms with Crippen LogP contribution in [0.25, 0.3) is 0 Å². The van der Waals surface area contributed by atoms with Crippen LogP contribution in [0.15, 0.2) is 0 Å². The van der Waals surface area contributed by atoms with Gasteiger partial charge in [0.15, 0.2) is 6.10 Å². The average molecular weight is 158 g/mol. The largest absolute Gasteiger partial charge is 0.479 e. The minimum absolute atomic E-state index is 0.546. The first kappa shape index (κ1) is 8.53. The van der Waals surface area contributed by atoms with Crippen molar-refractivity contribution in [2.24, 2.45) is 0 Å². The van der Waals surface area contributed by atoms with Crippen LogP contribution < -0.4 is 0 Å². The van der Waals surface area contributed by atoms with E-state index in [1.54, 1.807) is 0 Å². The molecule has 0 amide bonds. The maximum absolute atomic E-state index is 10.5. The van der Waals surface area contributed by atoms with E-state index in [1.165, 1.54) is 6.42 Å². The highest BCUT2D eigenvalue weighted by Gasteiger charge is 2.18. The maximum Gasteiger partial charge on any atom is 0.332 e. The summed E-state index contributed by atoms with van der Waals surface area (Å²) in [6, 6.07) is 0. The van der Waals surface area contributed by atoms with Gasteiger partial charge in [-0.2, -0.15) is 0 Å². The number of rotatable bonds is 1. The summed E-state index contributed by atoms with van der Waals surface area (Å²) >= 11 is 0. The van der Waals surface area contributed by atoms with Crippen molar-refractivity contribution in [3.8, 4) is 0 Å². The zero-order chi connectivity index (χ0) is 8.10. The molecule has 1 aliphatic rings. The molecule has 3 nitrogen and oxygen atoms in total. The van der Waals surface area contributed by atoms with Gasteiger partial charge in [-0.05, 0) is 12.8 Å². The second-order valence-electron chi connectivity index (χ2n) is 2.90. The molecule has 1 rings (SSSR count). The number of ether oxygens (including phenoxy) is 1. The fraction of sp³-hybridized carbons (Fsp3) is 0.875. The Kier molecular flexibility index (Phi) is 3.36. The standard InChI is InChI=1S/C8H14O3/c9-8(10)7-5-3-1-2-4-6-11-7/h7H,1-6H2,(H,9,10). The van der Waals surface area contributed by atoms with Gasteiger partial charge in [-0.1, -0.05) is 19.3 Å². The van der Waals surface area contributed by atoms with Crippen molar-refractivity contribution in [3.05, 3.63) is 0 Å². The molecule has 0 radical (unpaired) electrons. The third kappa shape index (κ3) is 2.89. The molecule has 0 saturated carbocycles. The summed E-state index contributed by atoms with van der Waals surface area (Å²) in [6.45, 7) is 0.608. The monoisotopic (exact) mass is 158 g/mol. The van der Waals surface area contributed by atoms with E-state index in [4.69, 9.17) is 9.84 Å². The van der Waals surface area contributed by atoms with Gasteiger partial charge in [0.05, 0.1) is 0 Å². The quantitative estimate of drug-likeness (QED) is 0.627. The van der Waals surface area contributed by atoms with Gasteiger partial charge < -0.3 is 9.84 Å². The van der Waals surface area contributed by atoms with E-state index >= 15 is 0 Å². The molecule has 0 spiro atoms. The van der Waals surface area contributed by atoms with Crippen molar-refractivity contribution < 1.29 is 14.6 Å². The average Bonchev–Trinajstić information content (AvgIpc) is 1.84. The zero-order valence-electron chi connectivity index (χ0n) is 6.58. The number of carboxylic acid groups (broad SMARTS) is 1. The Hall–Kier alpha value is -0.570. The predicted octanol–water partition coefficient (Wildman–Crippen LogP) is 1.42. The van der Waals surface area contributed by atoms with Crippen LogP contribution in [-0.4, -0.2) is 23.8 Å². The molecule has 1 heterocycles. The second kappa shape index (κ2) is 4.34. The summed E-state index contributed by atoms with van der Waals surface area (Å²) < 4.78 is 5.14. The Balaban J connectivity index is 2.32. The molecule has 1 unspecified atom stereocenters. The van der Waals surface area contributed by atoms with Gasteiger partial charge in [0.2, 0.25) is 0 Å². The highest BCUT2D eigenvalue weighted by molar-refractivity contribution is 5.72. The zero-order valence-corrected chi connectivity index (χ0v) is 6.58.